The van der Waals surface area contributed by atoms with Gasteiger partial charge in [0, 0.05) is 11.1 Å². The molecule has 0 saturated carbocycles. The molecule has 4 aromatic carbocycles. The van der Waals surface area contributed by atoms with Crippen molar-refractivity contribution in [2.45, 2.75) is 0 Å². The molecule has 0 saturated heterocycles. The van der Waals surface area contributed by atoms with Crippen molar-refractivity contribution in [1.82, 2.24) is 0 Å². The Morgan fingerprint density at radius 2 is 0.677 bits per heavy atom. The van der Waals surface area contributed by atoms with Crippen LogP contribution in [0.15, 0.2) is 131 Å². The molecule has 0 aliphatic heterocycles. The van der Waals surface area contributed by atoms with Crippen LogP contribution in [-0.4, -0.2) is 0 Å². The van der Waals surface area contributed by atoms with Crippen LogP contribution >= 0.6 is 0 Å². The van der Waals surface area contributed by atoms with Crippen LogP contribution in [0, 0.1) is 0 Å². The fourth-order valence-corrected chi connectivity index (χ4v) is 3.85. The molecule has 0 fully saturated rings. The van der Waals surface area contributed by atoms with Crippen LogP contribution in [-0.2, 0) is 0 Å². The normalized spacial score (nSPS) is 10.7. The minimum atomic E-state index is -0.0404. The summed E-state index contributed by atoms with van der Waals surface area (Å²) in [6.45, 7) is 0. The first kappa shape index (κ1) is 18.8. The number of hydrogen-bond donors (Lipinski definition) is 0. The van der Waals surface area contributed by atoms with Crippen molar-refractivity contribution in [3.63, 3.8) is 0 Å². The highest BCUT2D eigenvalue weighted by Crippen LogP contribution is 2.38. The lowest BCUT2D eigenvalue weighted by molar-refractivity contribution is 0.584. The third kappa shape index (κ3) is 3.60. The molecule has 0 spiro atoms. The summed E-state index contributed by atoms with van der Waals surface area (Å²) in [6.07, 6.45) is 0. The van der Waals surface area contributed by atoms with Crippen molar-refractivity contribution in [2.75, 3.05) is 0 Å². The molecular weight excluding hydrogens is 380 g/mol. The van der Waals surface area contributed by atoms with Crippen molar-refractivity contribution in [1.29, 1.82) is 0 Å². The summed E-state index contributed by atoms with van der Waals surface area (Å²) < 4.78 is 6.60. The van der Waals surface area contributed by atoms with Gasteiger partial charge in [-0.3, -0.25) is 4.79 Å². The average Bonchev–Trinajstić information content (AvgIpc) is 2.85. The van der Waals surface area contributed by atoms with Crippen molar-refractivity contribution >= 4 is 0 Å². The van der Waals surface area contributed by atoms with Gasteiger partial charge < -0.3 is 4.42 Å². The van der Waals surface area contributed by atoms with Crippen LogP contribution in [0.2, 0.25) is 0 Å². The van der Waals surface area contributed by atoms with E-state index in [4.69, 9.17) is 4.42 Å². The van der Waals surface area contributed by atoms with Gasteiger partial charge in [-0.1, -0.05) is 121 Å². The standard InChI is InChI=1S/C29H20O2/c30-27-25(21-13-5-1-6-14-21)28(23-17-9-3-10-18-23)31-29(24-19-11-4-12-20-24)26(27)22-15-7-2-8-16-22/h1-20H. The van der Waals surface area contributed by atoms with Gasteiger partial charge in [-0.25, -0.2) is 0 Å². The molecule has 5 rings (SSSR count). The van der Waals surface area contributed by atoms with Gasteiger partial charge in [-0.2, -0.15) is 0 Å². The molecule has 1 aromatic heterocycles. The topological polar surface area (TPSA) is 30.2 Å². The van der Waals surface area contributed by atoms with Crippen molar-refractivity contribution < 1.29 is 4.42 Å². The van der Waals surface area contributed by atoms with Crippen molar-refractivity contribution in [3.05, 3.63) is 132 Å². The molecule has 5 aromatic rings. The van der Waals surface area contributed by atoms with Gasteiger partial charge in [0.25, 0.3) is 0 Å². The van der Waals surface area contributed by atoms with Crippen LogP contribution < -0.4 is 5.43 Å². The average molecular weight is 400 g/mol. The SMILES string of the molecule is O=c1c(-c2ccccc2)c(-c2ccccc2)oc(-c2ccccc2)c1-c1ccccc1. The molecule has 0 unspecified atom stereocenters. The summed E-state index contributed by atoms with van der Waals surface area (Å²) in [5.41, 5.74) is 4.53. The van der Waals surface area contributed by atoms with Crippen LogP contribution in [0.5, 0.6) is 0 Å². The Morgan fingerprint density at radius 3 is 1.00 bits per heavy atom. The molecule has 0 aliphatic carbocycles. The Balaban J connectivity index is 1.92. The van der Waals surface area contributed by atoms with Crippen molar-refractivity contribution in [2.24, 2.45) is 0 Å². The van der Waals surface area contributed by atoms with E-state index in [2.05, 4.69) is 0 Å². The largest absolute Gasteiger partial charge is 0.455 e. The Kier molecular flexibility index (Phi) is 5.04. The molecule has 0 amide bonds. The second kappa shape index (κ2) is 8.29. The fourth-order valence-electron chi connectivity index (χ4n) is 3.85. The van der Waals surface area contributed by atoms with E-state index >= 15 is 0 Å². The van der Waals surface area contributed by atoms with Gasteiger partial charge in [0.2, 0.25) is 5.43 Å². The van der Waals surface area contributed by atoms with E-state index < -0.39 is 0 Å². The third-order valence-electron chi connectivity index (χ3n) is 5.31. The van der Waals surface area contributed by atoms with Gasteiger partial charge in [-0.15, -0.1) is 0 Å². The van der Waals surface area contributed by atoms with E-state index in [0.29, 0.717) is 22.6 Å². The Bertz CT molecular complexity index is 1250. The third-order valence-corrected chi connectivity index (χ3v) is 5.31. The van der Waals surface area contributed by atoms with Gasteiger partial charge in [0.15, 0.2) is 0 Å². The molecule has 0 radical (unpaired) electrons. The second-order valence-electron chi connectivity index (χ2n) is 7.30. The predicted octanol–water partition coefficient (Wildman–Crippen LogP) is 7.31. The molecule has 2 nitrogen and oxygen atoms in total. The summed E-state index contributed by atoms with van der Waals surface area (Å²) in [6, 6.07) is 39.1. The van der Waals surface area contributed by atoms with E-state index in [9.17, 15) is 4.79 Å². The van der Waals surface area contributed by atoms with E-state index in [1.54, 1.807) is 0 Å². The maximum absolute atomic E-state index is 14.1. The zero-order valence-corrected chi connectivity index (χ0v) is 16.9. The summed E-state index contributed by atoms with van der Waals surface area (Å²) in [7, 11) is 0. The number of hydrogen-bond acceptors (Lipinski definition) is 2. The van der Waals surface area contributed by atoms with Gasteiger partial charge in [-0.05, 0) is 11.1 Å². The smallest absolute Gasteiger partial charge is 0.201 e. The molecule has 148 valence electrons. The van der Waals surface area contributed by atoms with E-state index in [1.807, 2.05) is 121 Å². The van der Waals surface area contributed by atoms with Gasteiger partial charge in [0.1, 0.15) is 11.5 Å². The maximum atomic E-state index is 14.1. The first-order valence-corrected chi connectivity index (χ1v) is 10.3. The van der Waals surface area contributed by atoms with Crippen molar-refractivity contribution in [3.8, 4) is 44.9 Å². The van der Waals surface area contributed by atoms with E-state index in [1.165, 1.54) is 0 Å². The lowest BCUT2D eigenvalue weighted by atomic mass is 9.93. The first-order chi connectivity index (χ1) is 15.3. The Hall–Kier alpha value is -4.17. The monoisotopic (exact) mass is 400 g/mol. The fraction of sp³-hybridized carbons (Fsp3) is 0. The first-order valence-electron chi connectivity index (χ1n) is 10.3. The van der Waals surface area contributed by atoms with Crippen LogP contribution in [0.25, 0.3) is 44.9 Å². The summed E-state index contributed by atoms with van der Waals surface area (Å²) in [5.74, 6) is 1.16. The summed E-state index contributed by atoms with van der Waals surface area (Å²) in [5, 5.41) is 0. The summed E-state index contributed by atoms with van der Waals surface area (Å²) in [4.78, 5) is 14.1. The molecule has 2 heteroatoms. The van der Waals surface area contributed by atoms with Gasteiger partial charge >= 0.3 is 0 Å². The zero-order valence-electron chi connectivity index (χ0n) is 16.9. The number of rotatable bonds is 4. The molecule has 0 bridgehead atoms. The van der Waals surface area contributed by atoms with Crippen LogP contribution in [0.4, 0.5) is 0 Å². The quantitative estimate of drug-likeness (QED) is 0.317. The lowest BCUT2D eigenvalue weighted by Gasteiger charge is -2.16. The predicted molar refractivity (Wildman–Crippen MR) is 127 cm³/mol. The maximum Gasteiger partial charge on any atom is 0.201 e. The van der Waals surface area contributed by atoms with E-state index in [0.717, 1.165) is 22.3 Å². The summed E-state index contributed by atoms with van der Waals surface area (Å²) >= 11 is 0. The van der Waals surface area contributed by atoms with E-state index in [-0.39, 0.29) is 5.43 Å². The Labute approximate surface area is 181 Å². The molecular formula is C29H20O2. The zero-order chi connectivity index (χ0) is 21.0. The Morgan fingerprint density at radius 1 is 0.387 bits per heavy atom. The van der Waals surface area contributed by atoms with Crippen LogP contribution in [0.3, 0.4) is 0 Å². The molecule has 0 N–H and O–H groups in total. The number of benzene rings is 4. The molecule has 31 heavy (non-hydrogen) atoms. The minimum Gasteiger partial charge on any atom is -0.455 e. The second-order valence-corrected chi connectivity index (χ2v) is 7.30. The minimum absolute atomic E-state index is 0.0404. The molecule has 1 heterocycles. The lowest BCUT2D eigenvalue weighted by Crippen LogP contribution is -2.11. The molecule has 0 aliphatic rings. The van der Waals surface area contributed by atoms with Crippen LogP contribution in [0.1, 0.15) is 0 Å². The highest BCUT2D eigenvalue weighted by atomic mass is 16.3. The van der Waals surface area contributed by atoms with Gasteiger partial charge in [0.05, 0.1) is 11.1 Å². The molecule has 0 atom stereocenters. The highest BCUT2D eigenvalue weighted by molar-refractivity contribution is 5.88. The highest BCUT2D eigenvalue weighted by Gasteiger charge is 2.23.